The number of methoxy groups -OCH3 is 1. The molecule has 0 aliphatic rings. The topological polar surface area (TPSA) is 75.3 Å². The number of carbonyl (C=O) groups is 2. The summed E-state index contributed by atoms with van der Waals surface area (Å²) in [7, 11) is 1.33. The number of nitrogens with one attached hydrogen (secondary N) is 1. The third-order valence-electron chi connectivity index (χ3n) is 3.16. The highest BCUT2D eigenvalue weighted by atomic mass is 16.5. The minimum Gasteiger partial charge on any atom is -0.469 e. The van der Waals surface area contributed by atoms with E-state index < -0.39 is 0 Å². The monoisotopic (exact) mass is 275 g/mol. The number of benzene rings is 1. The van der Waals surface area contributed by atoms with E-state index in [9.17, 15) is 9.59 Å². The summed E-state index contributed by atoms with van der Waals surface area (Å²) in [6, 6.07) is 7.45. The van der Waals surface area contributed by atoms with Crippen LogP contribution in [0.2, 0.25) is 0 Å². The van der Waals surface area contributed by atoms with Gasteiger partial charge in [-0.15, -0.1) is 0 Å². The number of rotatable bonds is 5. The molecule has 0 spiro atoms. The molecular weight excluding hydrogens is 258 g/mol. The fraction of sp³-hybridized carbons (Fsp3) is 0.357. The van der Waals surface area contributed by atoms with E-state index in [4.69, 9.17) is 0 Å². The van der Waals surface area contributed by atoms with Gasteiger partial charge in [-0.2, -0.15) is 5.10 Å². The molecule has 1 heterocycles. The van der Waals surface area contributed by atoms with E-state index in [0.29, 0.717) is 18.8 Å². The Morgan fingerprint density at radius 2 is 2.10 bits per heavy atom. The first kappa shape index (κ1) is 14.0. The number of para-hydroxylation sites is 1. The summed E-state index contributed by atoms with van der Waals surface area (Å²) in [6.07, 6.45) is 0.179. The summed E-state index contributed by atoms with van der Waals surface area (Å²) >= 11 is 0. The van der Waals surface area contributed by atoms with Crippen molar-refractivity contribution in [1.82, 2.24) is 15.1 Å². The van der Waals surface area contributed by atoms with Crippen molar-refractivity contribution < 1.29 is 14.3 Å². The average molecular weight is 275 g/mol. The van der Waals surface area contributed by atoms with E-state index in [1.807, 2.05) is 31.2 Å². The van der Waals surface area contributed by atoms with Gasteiger partial charge in [-0.05, 0) is 13.0 Å². The molecule has 0 aliphatic heterocycles. The lowest BCUT2D eigenvalue weighted by atomic mass is 10.2. The van der Waals surface area contributed by atoms with Gasteiger partial charge in [-0.1, -0.05) is 18.2 Å². The Hall–Kier alpha value is -2.37. The molecular formula is C14H17N3O3. The predicted molar refractivity (Wildman–Crippen MR) is 74.3 cm³/mol. The number of ether oxygens (including phenoxy) is 1. The van der Waals surface area contributed by atoms with Gasteiger partial charge in [-0.25, -0.2) is 0 Å². The molecule has 0 aliphatic carbocycles. The molecule has 1 aromatic carbocycles. The van der Waals surface area contributed by atoms with Gasteiger partial charge in [0.05, 0.1) is 19.0 Å². The van der Waals surface area contributed by atoms with Crippen LogP contribution in [0.25, 0.3) is 10.9 Å². The molecule has 2 rings (SSSR count). The summed E-state index contributed by atoms with van der Waals surface area (Å²) in [6.45, 7) is 2.70. The van der Waals surface area contributed by atoms with E-state index in [-0.39, 0.29) is 18.3 Å². The van der Waals surface area contributed by atoms with Crippen molar-refractivity contribution in [3.05, 3.63) is 30.0 Å². The van der Waals surface area contributed by atoms with Gasteiger partial charge in [0.25, 0.3) is 5.91 Å². The third-order valence-corrected chi connectivity index (χ3v) is 3.16. The third kappa shape index (κ3) is 2.79. The minimum atomic E-state index is -0.330. The van der Waals surface area contributed by atoms with Crippen LogP contribution in [0.3, 0.4) is 0 Å². The number of carbonyl (C=O) groups excluding carboxylic acids is 2. The molecule has 0 bridgehead atoms. The van der Waals surface area contributed by atoms with Crippen molar-refractivity contribution in [3.8, 4) is 0 Å². The van der Waals surface area contributed by atoms with Crippen LogP contribution in [0, 0.1) is 0 Å². The first-order valence-corrected chi connectivity index (χ1v) is 6.46. The lowest BCUT2D eigenvalue weighted by Crippen LogP contribution is -2.33. The number of nitrogens with zero attached hydrogens (tertiary/aromatic N) is 2. The Morgan fingerprint density at radius 1 is 1.35 bits per heavy atom. The molecule has 0 fully saturated rings. The van der Waals surface area contributed by atoms with Crippen molar-refractivity contribution in [2.75, 3.05) is 20.2 Å². The average Bonchev–Trinajstić information content (AvgIpc) is 2.91. The number of aromatic amines is 1. The van der Waals surface area contributed by atoms with Crippen LogP contribution in [0.15, 0.2) is 24.3 Å². The van der Waals surface area contributed by atoms with Gasteiger partial charge in [0, 0.05) is 18.5 Å². The van der Waals surface area contributed by atoms with Crippen LogP contribution in [0.1, 0.15) is 23.8 Å². The van der Waals surface area contributed by atoms with Crippen LogP contribution >= 0.6 is 0 Å². The summed E-state index contributed by atoms with van der Waals surface area (Å²) in [4.78, 5) is 25.2. The van der Waals surface area contributed by atoms with E-state index in [1.54, 1.807) is 4.90 Å². The van der Waals surface area contributed by atoms with Gasteiger partial charge in [0.1, 0.15) is 0 Å². The van der Waals surface area contributed by atoms with Crippen LogP contribution < -0.4 is 0 Å². The van der Waals surface area contributed by atoms with E-state index in [2.05, 4.69) is 14.9 Å². The maximum atomic E-state index is 12.4. The van der Waals surface area contributed by atoms with Gasteiger partial charge in [0.2, 0.25) is 0 Å². The number of H-pyrrole nitrogens is 1. The Kier molecular flexibility index (Phi) is 4.34. The highest BCUT2D eigenvalue weighted by molar-refractivity contribution is 6.04. The molecule has 0 saturated heterocycles. The predicted octanol–water partition coefficient (Wildman–Crippen LogP) is 1.59. The number of hydrogen-bond donors (Lipinski definition) is 1. The fourth-order valence-electron chi connectivity index (χ4n) is 2.01. The second-order valence-electron chi connectivity index (χ2n) is 4.33. The molecule has 1 aromatic heterocycles. The van der Waals surface area contributed by atoms with E-state index >= 15 is 0 Å². The van der Waals surface area contributed by atoms with Gasteiger partial charge in [0.15, 0.2) is 5.69 Å². The van der Waals surface area contributed by atoms with Crippen molar-refractivity contribution in [3.63, 3.8) is 0 Å². The standard InChI is InChI=1S/C14H17N3O3/c1-3-17(9-8-12(18)20-2)14(19)13-10-6-4-5-7-11(10)15-16-13/h4-7H,3,8-9H2,1-2H3,(H,15,16). The Balaban J connectivity index is 2.18. The summed E-state index contributed by atoms with van der Waals surface area (Å²) in [5.74, 6) is -0.517. The maximum Gasteiger partial charge on any atom is 0.307 e. The molecule has 0 atom stereocenters. The lowest BCUT2D eigenvalue weighted by molar-refractivity contribution is -0.140. The number of amides is 1. The molecule has 0 unspecified atom stereocenters. The molecule has 0 saturated carbocycles. The van der Waals surface area contributed by atoms with Crippen molar-refractivity contribution in [2.45, 2.75) is 13.3 Å². The summed E-state index contributed by atoms with van der Waals surface area (Å²) in [5.41, 5.74) is 1.20. The molecule has 6 nitrogen and oxygen atoms in total. The minimum absolute atomic E-state index is 0.179. The normalized spacial score (nSPS) is 10.5. The smallest absolute Gasteiger partial charge is 0.307 e. The first-order chi connectivity index (χ1) is 9.67. The number of esters is 1. The Morgan fingerprint density at radius 3 is 2.80 bits per heavy atom. The summed E-state index contributed by atoms with van der Waals surface area (Å²) < 4.78 is 4.59. The second kappa shape index (κ2) is 6.18. The molecule has 2 aromatic rings. The first-order valence-electron chi connectivity index (χ1n) is 6.46. The zero-order valence-electron chi connectivity index (χ0n) is 11.5. The summed E-state index contributed by atoms with van der Waals surface area (Å²) in [5, 5.41) is 7.70. The molecule has 20 heavy (non-hydrogen) atoms. The van der Waals surface area contributed by atoms with E-state index in [0.717, 1.165) is 10.9 Å². The van der Waals surface area contributed by atoms with Gasteiger partial charge >= 0.3 is 5.97 Å². The van der Waals surface area contributed by atoms with E-state index in [1.165, 1.54) is 7.11 Å². The Labute approximate surface area is 116 Å². The fourth-order valence-corrected chi connectivity index (χ4v) is 2.01. The molecule has 1 amide bonds. The van der Waals surface area contributed by atoms with Crippen LogP contribution in [-0.4, -0.2) is 47.2 Å². The van der Waals surface area contributed by atoms with Crippen LogP contribution in [0.4, 0.5) is 0 Å². The highest BCUT2D eigenvalue weighted by Gasteiger charge is 2.20. The Bertz CT molecular complexity index is 621. The number of aromatic nitrogens is 2. The zero-order valence-corrected chi connectivity index (χ0v) is 11.5. The van der Waals surface area contributed by atoms with Crippen LogP contribution in [-0.2, 0) is 9.53 Å². The number of hydrogen-bond acceptors (Lipinski definition) is 4. The maximum absolute atomic E-state index is 12.4. The van der Waals surface area contributed by atoms with Gasteiger partial charge in [-0.3, -0.25) is 14.7 Å². The van der Waals surface area contributed by atoms with Crippen molar-refractivity contribution >= 4 is 22.8 Å². The van der Waals surface area contributed by atoms with Gasteiger partial charge < -0.3 is 9.64 Å². The second-order valence-corrected chi connectivity index (χ2v) is 4.33. The molecule has 6 heteroatoms. The van der Waals surface area contributed by atoms with Crippen molar-refractivity contribution in [2.24, 2.45) is 0 Å². The van der Waals surface area contributed by atoms with Crippen LogP contribution in [0.5, 0.6) is 0 Å². The SMILES string of the molecule is CCN(CCC(=O)OC)C(=O)c1n[nH]c2ccccc12. The quantitative estimate of drug-likeness (QED) is 0.841. The lowest BCUT2D eigenvalue weighted by Gasteiger charge is -2.19. The zero-order chi connectivity index (χ0) is 14.5. The largest absolute Gasteiger partial charge is 0.469 e. The van der Waals surface area contributed by atoms with Crippen molar-refractivity contribution in [1.29, 1.82) is 0 Å². The highest BCUT2D eigenvalue weighted by Crippen LogP contribution is 2.16. The molecule has 106 valence electrons. The molecule has 0 radical (unpaired) electrons. The molecule has 1 N–H and O–H groups in total. The number of fused-ring (bicyclic) bond motifs is 1.